The van der Waals surface area contributed by atoms with Gasteiger partial charge in [-0.2, -0.15) is 0 Å². The molecule has 0 fully saturated rings. The molecule has 0 aliphatic rings. The molecule has 0 bridgehead atoms. The predicted octanol–water partition coefficient (Wildman–Crippen LogP) is 4.35. The third kappa shape index (κ3) is 2.29. The van der Waals surface area contributed by atoms with Crippen LogP contribution in [0.4, 0.5) is 0 Å². The first kappa shape index (κ1) is 11.6. The summed E-state index contributed by atoms with van der Waals surface area (Å²) in [6.07, 6.45) is 0. The smallest absolute Gasteiger partial charge is 0.0592 e. The van der Waals surface area contributed by atoms with E-state index in [1.165, 1.54) is 11.1 Å². The molecule has 1 nitrogen and oxygen atoms in total. The lowest BCUT2D eigenvalue weighted by Crippen LogP contribution is -2.11. The molecule has 16 heavy (non-hydrogen) atoms. The summed E-state index contributed by atoms with van der Waals surface area (Å²) in [5.74, 6) is 0. The van der Waals surface area contributed by atoms with Crippen molar-refractivity contribution in [2.24, 2.45) is 0 Å². The molecular formula is C13H14ClNS. The average molecular weight is 252 g/mol. The third-order valence-corrected chi connectivity index (χ3v) is 4.09. The largest absolute Gasteiger partial charge is 0.313 e. The van der Waals surface area contributed by atoms with Gasteiger partial charge in [-0.25, -0.2) is 0 Å². The molecule has 84 valence electrons. The molecule has 2 aromatic rings. The Morgan fingerprint density at radius 2 is 2.12 bits per heavy atom. The molecule has 1 N–H and O–H groups in total. The maximum atomic E-state index is 6.13. The summed E-state index contributed by atoms with van der Waals surface area (Å²) in [4.78, 5) is 1.15. The van der Waals surface area contributed by atoms with Gasteiger partial charge in [-0.1, -0.05) is 29.8 Å². The van der Waals surface area contributed by atoms with Crippen LogP contribution in [0.3, 0.4) is 0 Å². The number of thiophene rings is 1. The van der Waals surface area contributed by atoms with E-state index in [-0.39, 0.29) is 0 Å². The van der Waals surface area contributed by atoms with Crippen molar-refractivity contribution < 1.29 is 0 Å². The zero-order valence-corrected chi connectivity index (χ0v) is 10.9. The van der Waals surface area contributed by atoms with Gasteiger partial charge >= 0.3 is 0 Å². The van der Waals surface area contributed by atoms with E-state index in [1.54, 1.807) is 11.3 Å². The van der Waals surface area contributed by atoms with Gasteiger partial charge in [-0.15, -0.1) is 11.3 Å². The summed E-state index contributed by atoms with van der Waals surface area (Å²) in [6.45, 7) is 2.15. The fourth-order valence-electron chi connectivity index (χ4n) is 1.62. The van der Waals surface area contributed by atoms with Gasteiger partial charge < -0.3 is 5.32 Å². The van der Waals surface area contributed by atoms with Crippen LogP contribution >= 0.6 is 22.9 Å². The molecule has 0 saturated carbocycles. The second-order valence-corrected chi connectivity index (χ2v) is 5.06. The number of halogens is 1. The van der Waals surface area contributed by atoms with Crippen molar-refractivity contribution in [3.05, 3.63) is 46.3 Å². The van der Waals surface area contributed by atoms with Crippen molar-refractivity contribution >= 4 is 22.9 Å². The molecule has 0 amide bonds. The topological polar surface area (TPSA) is 12.0 Å². The summed E-state index contributed by atoms with van der Waals surface area (Å²) in [7, 11) is 1.97. The van der Waals surface area contributed by atoms with Gasteiger partial charge in [0.1, 0.15) is 0 Å². The molecule has 1 unspecified atom stereocenters. The maximum Gasteiger partial charge on any atom is 0.0592 e. The highest BCUT2D eigenvalue weighted by Crippen LogP contribution is 2.34. The molecular weight excluding hydrogens is 238 g/mol. The molecule has 2 rings (SSSR count). The first-order chi connectivity index (χ1) is 7.72. The highest BCUT2D eigenvalue weighted by Gasteiger charge is 2.07. The van der Waals surface area contributed by atoms with Crippen molar-refractivity contribution in [3.63, 3.8) is 0 Å². The van der Waals surface area contributed by atoms with E-state index in [2.05, 4.69) is 36.5 Å². The number of hydrogen-bond acceptors (Lipinski definition) is 2. The summed E-state index contributed by atoms with van der Waals surface area (Å²) >= 11 is 7.81. The van der Waals surface area contributed by atoms with Crippen molar-refractivity contribution in [2.75, 3.05) is 7.05 Å². The summed E-state index contributed by atoms with van der Waals surface area (Å²) in [5, 5.41) is 6.09. The minimum absolute atomic E-state index is 0.360. The van der Waals surface area contributed by atoms with Gasteiger partial charge in [0.15, 0.2) is 0 Å². The maximum absolute atomic E-state index is 6.13. The van der Waals surface area contributed by atoms with Crippen LogP contribution in [-0.4, -0.2) is 7.05 Å². The van der Waals surface area contributed by atoms with Crippen LogP contribution in [-0.2, 0) is 0 Å². The Labute approximate surface area is 105 Å². The summed E-state index contributed by atoms with van der Waals surface area (Å²) < 4.78 is 0. The van der Waals surface area contributed by atoms with E-state index in [0.29, 0.717) is 6.04 Å². The zero-order chi connectivity index (χ0) is 11.5. The molecule has 1 aromatic heterocycles. The molecule has 1 heterocycles. The second-order valence-electron chi connectivity index (χ2n) is 3.73. The van der Waals surface area contributed by atoms with E-state index < -0.39 is 0 Å². The van der Waals surface area contributed by atoms with Crippen molar-refractivity contribution in [1.29, 1.82) is 0 Å². The van der Waals surface area contributed by atoms with E-state index in [4.69, 9.17) is 11.6 Å². The van der Waals surface area contributed by atoms with E-state index in [1.807, 2.05) is 18.5 Å². The van der Waals surface area contributed by atoms with Crippen LogP contribution in [0.5, 0.6) is 0 Å². The molecule has 3 heteroatoms. The summed E-state index contributed by atoms with van der Waals surface area (Å²) in [6, 6.07) is 10.8. The molecule has 0 aliphatic heterocycles. The lowest BCUT2D eigenvalue weighted by Gasteiger charge is -2.11. The minimum atomic E-state index is 0.360. The van der Waals surface area contributed by atoms with Gasteiger partial charge in [0.05, 0.1) is 9.90 Å². The fourth-order valence-corrected chi connectivity index (χ4v) is 2.78. The number of benzene rings is 1. The molecule has 0 aliphatic carbocycles. The third-order valence-electron chi connectivity index (χ3n) is 2.70. The fraction of sp³-hybridized carbons (Fsp3) is 0.231. The summed E-state index contributed by atoms with van der Waals surface area (Å²) in [5.41, 5.74) is 2.48. The van der Waals surface area contributed by atoms with Gasteiger partial charge in [-0.3, -0.25) is 0 Å². The quantitative estimate of drug-likeness (QED) is 0.855. The van der Waals surface area contributed by atoms with Crippen molar-refractivity contribution in [3.8, 4) is 10.4 Å². The Bertz CT molecular complexity index is 478. The number of hydrogen-bond donors (Lipinski definition) is 1. The Hall–Kier alpha value is -0.830. The Morgan fingerprint density at radius 1 is 1.31 bits per heavy atom. The van der Waals surface area contributed by atoms with Crippen LogP contribution in [0, 0.1) is 0 Å². The van der Waals surface area contributed by atoms with Gasteiger partial charge in [0, 0.05) is 6.04 Å². The van der Waals surface area contributed by atoms with Crippen LogP contribution < -0.4 is 5.32 Å². The minimum Gasteiger partial charge on any atom is -0.313 e. The highest BCUT2D eigenvalue weighted by molar-refractivity contribution is 7.14. The van der Waals surface area contributed by atoms with Crippen molar-refractivity contribution in [1.82, 2.24) is 5.32 Å². The SMILES string of the molecule is CNC(C)c1cccc(-c2sccc2Cl)c1. The number of rotatable bonds is 3. The van der Waals surface area contributed by atoms with Crippen LogP contribution in [0.15, 0.2) is 35.7 Å². The van der Waals surface area contributed by atoms with Crippen molar-refractivity contribution in [2.45, 2.75) is 13.0 Å². The Kier molecular flexibility index (Phi) is 3.64. The highest BCUT2D eigenvalue weighted by atomic mass is 35.5. The average Bonchev–Trinajstić information content (AvgIpc) is 2.74. The van der Waals surface area contributed by atoms with E-state index in [9.17, 15) is 0 Å². The first-order valence-corrected chi connectivity index (χ1v) is 6.48. The normalized spacial score (nSPS) is 12.7. The van der Waals surface area contributed by atoms with Crippen LogP contribution in [0.1, 0.15) is 18.5 Å². The Morgan fingerprint density at radius 3 is 2.75 bits per heavy atom. The molecule has 0 saturated heterocycles. The van der Waals surface area contributed by atoms with E-state index in [0.717, 1.165) is 9.90 Å². The zero-order valence-electron chi connectivity index (χ0n) is 9.33. The van der Waals surface area contributed by atoms with Crippen LogP contribution in [0.2, 0.25) is 5.02 Å². The monoisotopic (exact) mass is 251 g/mol. The first-order valence-electron chi connectivity index (χ1n) is 5.23. The van der Waals surface area contributed by atoms with Gasteiger partial charge in [-0.05, 0) is 42.6 Å². The van der Waals surface area contributed by atoms with E-state index >= 15 is 0 Å². The number of nitrogens with one attached hydrogen (secondary N) is 1. The molecule has 1 aromatic carbocycles. The molecule has 0 spiro atoms. The lowest BCUT2D eigenvalue weighted by molar-refractivity contribution is 0.652. The molecule has 0 radical (unpaired) electrons. The van der Waals surface area contributed by atoms with Gasteiger partial charge in [0.2, 0.25) is 0 Å². The molecule has 1 atom stereocenters. The standard InChI is InChI=1S/C13H14ClNS/c1-9(15-2)10-4-3-5-11(8-10)13-12(14)6-7-16-13/h3-9,15H,1-2H3. The lowest BCUT2D eigenvalue weighted by atomic mass is 10.0. The second kappa shape index (κ2) is 5.00. The van der Waals surface area contributed by atoms with Gasteiger partial charge in [0.25, 0.3) is 0 Å². The predicted molar refractivity (Wildman–Crippen MR) is 72.2 cm³/mol. The van der Waals surface area contributed by atoms with Crippen LogP contribution in [0.25, 0.3) is 10.4 Å². The Balaban J connectivity index is 2.40.